The zero-order chi connectivity index (χ0) is 25.8. The number of carbonyl (C=O) groups is 1. The van der Waals surface area contributed by atoms with Gasteiger partial charge in [-0.3, -0.25) is 0 Å². The summed E-state index contributed by atoms with van der Waals surface area (Å²) in [7, 11) is 0. The SMILES string of the molecule is C=Cc1cc(-c2ccc(C(=O)OCC[C@@H](C)CC)cc2)ccc1-c1ccc(OCCCCCC)cc1. The average Bonchev–Trinajstić information content (AvgIpc) is 2.93. The van der Waals surface area contributed by atoms with Gasteiger partial charge in [0.05, 0.1) is 18.8 Å². The van der Waals surface area contributed by atoms with Gasteiger partial charge in [0.15, 0.2) is 0 Å². The van der Waals surface area contributed by atoms with Gasteiger partial charge in [-0.05, 0) is 76.9 Å². The van der Waals surface area contributed by atoms with Gasteiger partial charge in [0.2, 0.25) is 0 Å². The van der Waals surface area contributed by atoms with Crippen molar-refractivity contribution < 1.29 is 14.3 Å². The second-order valence-electron chi connectivity index (χ2n) is 9.46. The Labute approximate surface area is 217 Å². The molecule has 0 spiro atoms. The summed E-state index contributed by atoms with van der Waals surface area (Å²) in [6, 6.07) is 22.3. The molecule has 1 atom stereocenters. The van der Waals surface area contributed by atoms with Crippen molar-refractivity contribution in [2.24, 2.45) is 5.92 Å². The highest BCUT2D eigenvalue weighted by Gasteiger charge is 2.10. The van der Waals surface area contributed by atoms with E-state index in [2.05, 4.69) is 57.7 Å². The number of benzene rings is 3. The minimum absolute atomic E-state index is 0.264. The molecule has 0 bridgehead atoms. The van der Waals surface area contributed by atoms with Crippen LogP contribution in [0.2, 0.25) is 0 Å². The Morgan fingerprint density at radius 3 is 2.22 bits per heavy atom. The molecule has 3 nitrogen and oxygen atoms in total. The van der Waals surface area contributed by atoms with Gasteiger partial charge in [-0.1, -0.05) is 95.5 Å². The highest BCUT2D eigenvalue weighted by molar-refractivity contribution is 5.90. The van der Waals surface area contributed by atoms with E-state index in [-0.39, 0.29) is 5.97 Å². The lowest BCUT2D eigenvalue weighted by molar-refractivity contribution is 0.0485. The van der Waals surface area contributed by atoms with Crippen molar-refractivity contribution in [2.75, 3.05) is 13.2 Å². The van der Waals surface area contributed by atoms with Crippen LogP contribution in [-0.2, 0) is 4.74 Å². The van der Waals surface area contributed by atoms with Gasteiger partial charge in [-0.25, -0.2) is 4.79 Å². The van der Waals surface area contributed by atoms with Crippen molar-refractivity contribution in [3.05, 3.63) is 84.4 Å². The fraction of sp³-hybridized carbons (Fsp3) is 0.364. The number of rotatable bonds is 14. The van der Waals surface area contributed by atoms with Crippen LogP contribution in [0.5, 0.6) is 5.75 Å². The van der Waals surface area contributed by atoms with Crippen LogP contribution < -0.4 is 4.74 Å². The van der Waals surface area contributed by atoms with Gasteiger partial charge >= 0.3 is 5.97 Å². The second-order valence-corrected chi connectivity index (χ2v) is 9.46. The predicted octanol–water partition coefficient (Wildman–Crippen LogP) is 9.22. The maximum absolute atomic E-state index is 12.3. The summed E-state index contributed by atoms with van der Waals surface area (Å²) in [4.78, 5) is 12.3. The van der Waals surface area contributed by atoms with Crippen LogP contribution in [0.25, 0.3) is 28.3 Å². The first-order valence-corrected chi connectivity index (χ1v) is 13.3. The van der Waals surface area contributed by atoms with E-state index in [1.807, 2.05) is 42.5 Å². The quantitative estimate of drug-likeness (QED) is 0.169. The summed E-state index contributed by atoms with van der Waals surface area (Å²) in [6.45, 7) is 11.8. The van der Waals surface area contributed by atoms with E-state index in [1.165, 1.54) is 19.3 Å². The van der Waals surface area contributed by atoms with Gasteiger partial charge < -0.3 is 9.47 Å². The predicted molar refractivity (Wildman–Crippen MR) is 151 cm³/mol. The fourth-order valence-electron chi connectivity index (χ4n) is 4.06. The van der Waals surface area contributed by atoms with Crippen LogP contribution in [-0.4, -0.2) is 19.2 Å². The molecule has 0 aliphatic rings. The molecule has 190 valence electrons. The third-order valence-electron chi connectivity index (χ3n) is 6.70. The first-order valence-electron chi connectivity index (χ1n) is 13.3. The Bertz CT molecular complexity index is 1100. The highest BCUT2D eigenvalue weighted by atomic mass is 16.5. The number of esters is 1. The molecule has 3 heteroatoms. The molecule has 0 heterocycles. The summed E-state index contributed by atoms with van der Waals surface area (Å²) in [5, 5.41) is 0. The summed E-state index contributed by atoms with van der Waals surface area (Å²) in [6.07, 6.45) is 8.69. The summed E-state index contributed by atoms with van der Waals surface area (Å²) >= 11 is 0. The first-order chi connectivity index (χ1) is 17.5. The zero-order valence-corrected chi connectivity index (χ0v) is 22.1. The molecule has 0 aliphatic heterocycles. The van der Waals surface area contributed by atoms with Gasteiger partial charge in [-0.2, -0.15) is 0 Å². The number of ether oxygens (including phenoxy) is 2. The summed E-state index contributed by atoms with van der Waals surface area (Å²) < 4.78 is 11.3. The van der Waals surface area contributed by atoms with Crippen LogP contribution in [0.3, 0.4) is 0 Å². The Kier molecular flexibility index (Phi) is 10.8. The zero-order valence-electron chi connectivity index (χ0n) is 22.1. The molecule has 0 saturated carbocycles. The molecule has 0 N–H and O–H groups in total. The first kappa shape index (κ1) is 27.3. The Hall–Kier alpha value is -3.33. The fourth-order valence-corrected chi connectivity index (χ4v) is 4.06. The average molecular weight is 485 g/mol. The van der Waals surface area contributed by atoms with E-state index in [0.717, 1.165) is 59.4 Å². The Morgan fingerprint density at radius 2 is 1.56 bits per heavy atom. The molecular formula is C33H40O3. The monoisotopic (exact) mass is 484 g/mol. The van der Waals surface area contributed by atoms with E-state index in [1.54, 1.807) is 0 Å². The lowest BCUT2D eigenvalue weighted by Crippen LogP contribution is -2.08. The molecule has 0 amide bonds. The van der Waals surface area contributed by atoms with Gasteiger partial charge in [0, 0.05) is 0 Å². The summed E-state index contributed by atoms with van der Waals surface area (Å²) in [5.41, 5.74) is 6.03. The van der Waals surface area contributed by atoms with Crippen LogP contribution in [0.4, 0.5) is 0 Å². The van der Waals surface area contributed by atoms with E-state index in [0.29, 0.717) is 18.1 Å². The molecule has 36 heavy (non-hydrogen) atoms. The normalized spacial score (nSPS) is 11.6. The minimum atomic E-state index is -0.264. The smallest absolute Gasteiger partial charge is 0.338 e. The number of carbonyl (C=O) groups excluding carboxylic acids is 1. The molecule has 0 aromatic heterocycles. The molecule has 3 aromatic carbocycles. The van der Waals surface area contributed by atoms with Crippen LogP contribution in [0.15, 0.2) is 73.3 Å². The standard InChI is InChI=1S/C33H40O3/c1-5-8-9-10-22-35-31-18-15-28(16-19-31)32-20-17-30(24-26(32)7-3)27-11-13-29(14-12-27)33(34)36-23-21-25(4)6-2/h7,11-20,24-25H,3,5-6,8-10,21-23H2,1-2,4H3/t25-/m0/s1. The van der Waals surface area contributed by atoms with Crippen molar-refractivity contribution in [2.45, 2.75) is 59.3 Å². The molecule has 0 saturated heterocycles. The van der Waals surface area contributed by atoms with Gasteiger partial charge in [-0.15, -0.1) is 0 Å². The topological polar surface area (TPSA) is 35.5 Å². The number of hydrogen-bond acceptors (Lipinski definition) is 3. The lowest BCUT2D eigenvalue weighted by atomic mass is 9.94. The van der Waals surface area contributed by atoms with E-state index >= 15 is 0 Å². The van der Waals surface area contributed by atoms with Crippen LogP contribution in [0.1, 0.15) is 75.2 Å². The van der Waals surface area contributed by atoms with E-state index in [4.69, 9.17) is 9.47 Å². The molecule has 3 rings (SSSR count). The largest absolute Gasteiger partial charge is 0.494 e. The Morgan fingerprint density at radius 1 is 0.861 bits per heavy atom. The molecule has 0 unspecified atom stereocenters. The third kappa shape index (κ3) is 7.84. The third-order valence-corrected chi connectivity index (χ3v) is 6.70. The molecular weight excluding hydrogens is 444 g/mol. The molecule has 3 aromatic rings. The van der Waals surface area contributed by atoms with Crippen molar-refractivity contribution in [3.63, 3.8) is 0 Å². The van der Waals surface area contributed by atoms with Crippen LogP contribution >= 0.6 is 0 Å². The number of hydrogen-bond donors (Lipinski definition) is 0. The van der Waals surface area contributed by atoms with E-state index in [9.17, 15) is 4.79 Å². The van der Waals surface area contributed by atoms with Gasteiger partial charge in [0.25, 0.3) is 0 Å². The Balaban J connectivity index is 1.65. The molecule has 0 aliphatic carbocycles. The van der Waals surface area contributed by atoms with Gasteiger partial charge in [0.1, 0.15) is 5.75 Å². The highest BCUT2D eigenvalue weighted by Crippen LogP contribution is 2.31. The van der Waals surface area contributed by atoms with E-state index < -0.39 is 0 Å². The number of unbranched alkanes of at least 4 members (excludes halogenated alkanes) is 3. The van der Waals surface area contributed by atoms with Crippen molar-refractivity contribution in [3.8, 4) is 28.0 Å². The van der Waals surface area contributed by atoms with Crippen molar-refractivity contribution in [1.82, 2.24) is 0 Å². The summed E-state index contributed by atoms with van der Waals surface area (Å²) in [5.74, 6) is 1.21. The van der Waals surface area contributed by atoms with Crippen molar-refractivity contribution >= 4 is 12.0 Å². The van der Waals surface area contributed by atoms with Crippen molar-refractivity contribution in [1.29, 1.82) is 0 Å². The maximum Gasteiger partial charge on any atom is 0.338 e. The molecule has 0 fully saturated rings. The lowest BCUT2D eigenvalue weighted by Gasteiger charge is -2.12. The minimum Gasteiger partial charge on any atom is -0.494 e. The maximum atomic E-state index is 12.3. The second kappa shape index (κ2) is 14.3. The van der Waals surface area contributed by atoms with Crippen LogP contribution in [0, 0.1) is 5.92 Å². The molecule has 0 radical (unpaired) electrons.